The van der Waals surface area contributed by atoms with Gasteiger partial charge in [-0.25, -0.2) is 4.79 Å². The number of fused-ring (bicyclic) bond motifs is 1. The molecule has 0 fully saturated rings. The largest absolute Gasteiger partial charge is 0.497 e. The van der Waals surface area contributed by atoms with E-state index in [1.807, 2.05) is 42.5 Å². The van der Waals surface area contributed by atoms with Gasteiger partial charge in [-0.2, -0.15) is 0 Å². The zero-order valence-corrected chi connectivity index (χ0v) is 15.4. The average Bonchev–Trinajstić information content (AvgIpc) is 2.70. The Kier molecular flexibility index (Phi) is 5.76. The molecule has 0 bridgehead atoms. The van der Waals surface area contributed by atoms with Crippen molar-refractivity contribution in [2.24, 2.45) is 0 Å². The van der Waals surface area contributed by atoms with Crippen LogP contribution in [-0.2, 0) is 17.8 Å². The highest BCUT2D eigenvalue weighted by Gasteiger charge is 2.10. The van der Waals surface area contributed by atoms with E-state index in [0.29, 0.717) is 29.6 Å². The lowest BCUT2D eigenvalue weighted by Gasteiger charge is -2.10. The Morgan fingerprint density at radius 2 is 1.85 bits per heavy atom. The fourth-order valence-electron chi connectivity index (χ4n) is 2.82. The Balaban J connectivity index is 1.53. The number of nitrogens with one attached hydrogen (secondary N) is 2. The molecule has 2 N–H and O–H groups in total. The van der Waals surface area contributed by atoms with Crippen LogP contribution in [0.5, 0.6) is 5.75 Å². The molecule has 0 spiro atoms. The summed E-state index contributed by atoms with van der Waals surface area (Å²) < 4.78 is 10.4. The molecule has 27 heavy (non-hydrogen) atoms. The van der Waals surface area contributed by atoms with Crippen LogP contribution < -0.4 is 15.5 Å². The molecule has 0 radical (unpaired) electrons. The number of ether oxygens (including phenoxy) is 2. The molecule has 2 aromatic carbocycles. The van der Waals surface area contributed by atoms with Gasteiger partial charge in [0, 0.05) is 23.0 Å². The Morgan fingerprint density at radius 1 is 1.11 bits per heavy atom. The van der Waals surface area contributed by atoms with Gasteiger partial charge >= 0.3 is 6.09 Å². The summed E-state index contributed by atoms with van der Waals surface area (Å²) in [5.41, 5.74) is 2.92. The Hall–Kier alpha value is -3.28. The van der Waals surface area contributed by atoms with E-state index >= 15 is 0 Å². The number of methoxy groups -OCH3 is 1. The van der Waals surface area contributed by atoms with E-state index in [9.17, 15) is 9.59 Å². The minimum atomic E-state index is -0.517. The normalized spacial score (nSPS) is 10.6. The first-order valence-corrected chi connectivity index (χ1v) is 8.72. The third kappa shape index (κ3) is 4.47. The molecule has 1 heterocycles. The number of H-pyrrole nitrogens is 1. The van der Waals surface area contributed by atoms with Crippen LogP contribution in [0.2, 0.25) is 0 Å². The molecular formula is C21H22N2O4. The van der Waals surface area contributed by atoms with Crippen molar-refractivity contribution < 1.29 is 14.3 Å². The van der Waals surface area contributed by atoms with Crippen LogP contribution in [0.3, 0.4) is 0 Å². The number of amides is 1. The minimum absolute atomic E-state index is 0.0142. The van der Waals surface area contributed by atoms with Crippen molar-refractivity contribution >= 4 is 17.0 Å². The molecule has 0 aliphatic carbocycles. The van der Waals surface area contributed by atoms with E-state index in [1.165, 1.54) is 0 Å². The van der Waals surface area contributed by atoms with E-state index in [0.717, 1.165) is 16.8 Å². The lowest BCUT2D eigenvalue weighted by molar-refractivity contribution is 0.138. The predicted molar refractivity (Wildman–Crippen MR) is 104 cm³/mol. The smallest absolute Gasteiger partial charge is 0.407 e. The van der Waals surface area contributed by atoms with E-state index in [1.54, 1.807) is 20.1 Å². The minimum Gasteiger partial charge on any atom is -0.497 e. The number of benzene rings is 2. The van der Waals surface area contributed by atoms with Crippen LogP contribution in [-0.4, -0.2) is 24.7 Å². The quantitative estimate of drug-likeness (QED) is 0.701. The number of para-hydroxylation sites is 1. The highest BCUT2D eigenvalue weighted by molar-refractivity contribution is 5.79. The van der Waals surface area contributed by atoms with Crippen molar-refractivity contribution in [3.8, 4) is 5.75 Å². The van der Waals surface area contributed by atoms with Gasteiger partial charge in [-0.3, -0.25) is 4.79 Å². The summed E-state index contributed by atoms with van der Waals surface area (Å²) in [6, 6.07) is 14.9. The van der Waals surface area contributed by atoms with Crippen molar-refractivity contribution in [1.82, 2.24) is 10.3 Å². The van der Waals surface area contributed by atoms with Crippen molar-refractivity contribution in [2.45, 2.75) is 20.0 Å². The van der Waals surface area contributed by atoms with Gasteiger partial charge in [-0.15, -0.1) is 0 Å². The lowest BCUT2D eigenvalue weighted by atomic mass is 10.1. The number of carbonyl (C=O) groups excluding carboxylic acids is 1. The van der Waals surface area contributed by atoms with Gasteiger partial charge < -0.3 is 19.8 Å². The number of hydrogen-bond donors (Lipinski definition) is 2. The topological polar surface area (TPSA) is 80.4 Å². The number of alkyl carbamates (subject to hydrolysis) is 1. The van der Waals surface area contributed by atoms with Gasteiger partial charge in [-0.1, -0.05) is 24.3 Å². The molecule has 1 amide bonds. The Labute approximate surface area is 157 Å². The predicted octanol–water partition coefficient (Wildman–Crippen LogP) is 3.31. The second-order valence-corrected chi connectivity index (χ2v) is 6.20. The molecule has 3 rings (SSSR count). The SMILES string of the molecule is COc1ccc(CCNC(=O)OCc2[nH]c3ccccc3c(=O)c2C)cc1. The fourth-order valence-corrected chi connectivity index (χ4v) is 2.82. The van der Waals surface area contributed by atoms with Crippen LogP contribution in [0.15, 0.2) is 53.3 Å². The first-order valence-electron chi connectivity index (χ1n) is 8.72. The molecule has 1 aromatic heterocycles. The van der Waals surface area contributed by atoms with Crippen LogP contribution in [0.25, 0.3) is 10.9 Å². The van der Waals surface area contributed by atoms with Crippen molar-refractivity contribution in [2.75, 3.05) is 13.7 Å². The maximum atomic E-state index is 12.4. The summed E-state index contributed by atoms with van der Waals surface area (Å²) in [5, 5.41) is 3.34. The highest BCUT2D eigenvalue weighted by Crippen LogP contribution is 2.12. The summed E-state index contributed by atoms with van der Waals surface area (Å²) in [4.78, 5) is 27.5. The molecule has 0 saturated heterocycles. The van der Waals surface area contributed by atoms with E-state index < -0.39 is 6.09 Å². The molecule has 140 valence electrons. The summed E-state index contributed by atoms with van der Waals surface area (Å²) in [7, 11) is 1.62. The summed E-state index contributed by atoms with van der Waals surface area (Å²) in [6.07, 6.45) is 0.169. The van der Waals surface area contributed by atoms with Gasteiger partial charge in [-0.05, 0) is 43.2 Å². The first-order chi connectivity index (χ1) is 13.1. The molecule has 3 aromatic rings. The van der Waals surface area contributed by atoms with Crippen LogP contribution in [0, 0.1) is 6.92 Å². The second-order valence-electron chi connectivity index (χ2n) is 6.20. The number of aromatic nitrogens is 1. The van der Waals surface area contributed by atoms with Crippen LogP contribution in [0.1, 0.15) is 16.8 Å². The van der Waals surface area contributed by atoms with E-state index in [-0.39, 0.29) is 12.0 Å². The van der Waals surface area contributed by atoms with Gasteiger partial charge in [0.15, 0.2) is 5.43 Å². The second kappa shape index (κ2) is 8.40. The Morgan fingerprint density at radius 3 is 2.59 bits per heavy atom. The van der Waals surface area contributed by atoms with E-state index in [2.05, 4.69) is 10.3 Å². The molecular weight excluding hydrogens is 344 g/mol. The summed E-state index contributed by atoms with van der Waals surface area (Å²) in [5.74, 6) is 0.797. The molecule has 0 aliphatic heterocycles. The van der Waals surface area contributed by atoms with Gasteiger partial charge in [0.25, 0.3) is 0 Å². The lowest BCUT2D eigenvalue weighted by Crippen LogP contribution is -2.27. The number of hydrogen-bond acceptors (Lipinski definition) is 4. The van der Waals surface area contributed by atoms with Gasteiger partial charge in [0.05, 0.1) is 12.8 Å². The van der Waals surface area contributed by atoms with Crippen molar-refractivity contribution in [1.29, 1.82) is 0 Å². The zero-order valence-electron chi connectivity index (χ0n) is 15.4. The Bertz CT molecular complexity index is 993. The molecule has 6 nitrogen and oxygen atoms in total. The van der Waals surface area contributed by atoms with Crippen LogP contribution in [0.4, 0.5) is 4.79 Å². The highest BCUT2D eigenvalue weighted by atomic mass is 16.5. The molecule has 0 unspecified atom stereocenters. The number of carbonyl (C=O) groups is 1. The molecule has 0 atom stereocenters. The number of rotatable bonds is 6. The average molecular weight is 366 g/mol. The first kappa shape index (κ1) is 18.5. The van der Waals surface area contributed by atoms with Crippen molar-refractivity contribution in [3.63, 3.8) is 0 Å². The molecule has 6 heteroatoms. The number of aromatic amines is 1. The third-order valence-electron chi connectivity index (χ3n) is 4.44. The zero-order chi connectivity index (χ0) is 19.2. The summed E-state index contributed by atoms with van der Waals surface area (Å²) >= 11 is 0. The van der Waals surface area contributed by atoms with Gasteiger partial charge in [0.2, 0.25) is 0 Å². The monoisotopic (exact) mass is 366 g/mol. The van der Waals surface area contributed by atoms with Gasteiger partial charge in [0.1, 0.15) is 12.4 Å². The van der Waals surface area contributed by atoms with E-state index in [4.69, 9.17) is 9.47 Å². The van der Waals surface area contributed by atoms with Crippen molar-refractivity contribution in [3.05, 3.63) is 75.6 Å². The van der Waals surface area contributed by atoms with Crippen LogP contribution >= 0.6 is 0 Å². The maximum Gasteiger partial charge on any atom is 0.407 e. The maximum absolute atomic E-state index is 12.4. The standard InChI is InChI=1S/C21H22N2O4/c1-14-19(23-18-6-4-3-5-17(18)20(14)24)13-27-21(25)22-12-11-15-7-9-16(26-2)10-8-15/h3-10H,11-13H2,1-2H3,(H,22,25)(H,23,24). The molecule has 0 saturated carbocycles. The fraction of sp³-hybridized carbons (Fsp3) is 0.238. The molecule has 0 aliphatic rings. The summed E-state index contributed by atoms with van der Waals surface area (Å²) in [6.45, 7) is 2.20. The number of pyridine rings is 1. The third-order valence-corrected chi connectivity index (χ3v) is 4.44.